The Morgan fingerprint density at radius 3 is 2.59 bits per heavy atom. The first-order chi connectivity index (χ1) is 14.1. The highest BCUT2D eigenvalue weighted by atomic mass is 16.2. The molecule has 29 heavy (non-hydrogen) atoms. The molecule has 1 unspecified atom stereocenters. The molecule has 2 N–H and O–H groups in total. The molecular formula is C24H29N3O2. The lowest BCUT2D eigenvalue weighted by atomic mass is 9.91. The second-order valence-electron chi connectivity index (χ2n) is 8.35. The van der Waals surface area contributed by atoms with Crippen LogP contribution in [0.1, 0.15) is 53.2 Å². The van der Waals surface area contributed by atoms with Gasteiger partial charge in [-0.05, 0) is 81.1 Å². The topological polar surface area (TPSA) is 61.4 Å². The van der Waals surface area contributed by atoms with E-state index >= 15 is 0 Å². The molecule has 0 bridgehead atoms. The SMILES string of the molecule is CN1CCC(CCc2ccc(NC(=O)CC3NC(=O)c4ccccc43)cc2)CC1. The van der Waals surface area contributed by atoms with Gasteiger partial charge in [0, 0.05) is 11.3 Å². The highest BCUT2D eigenvalue weighted by Gasteiger charge is 2.29. The molecule has 152 valence electrons. The van der Waals surface area contributed by atoms with Crippen molar-refractivity contribution in [2.75, 3.05) is 25.5 Å². The minimum atomic E-state index is -0.257. The number of hydrogen-bond donors (Lipinski definition) is 2. The van der Waals surface area contributed by atoms with Gasteiger partial charge in [0.1, 0.15) is 0 Å². The van der Waals surface area contributed by atoms with E-state index in [2.05, 4.69) is 34.7 Å². The summed E-state index contributed by atoms with van der Waals surface area (Å²) < 4.78 is 0. The second-order valence-corrected chi connectivity index (χ2v) is 8.35. The van der Waals surface area contributed by atoms with Crippen LogP contribution in [-0.2, 0) is 11.2 Å². The number of hydrogen-bond acceptors (Lipinski definition) is 3. The summed E-state index contributed by atoms with van der Waals surface area (Å²) in [5.74, 6) is 0.633. The van der Waals surface area contributed by atoms with Crippen LogP contribution in [0.15, 0.2) is 48.5 Å². The van der Waals surface area contributed by atoms with Crippen molar-refractivity contribution in [2.45, 2.75) is 38.1 Å². The number of fused-ring (bicyclic) bond motifs is 1. The minimum absolute atomic E-state index is 0.0916. The lowest BCUT2D eigenvalue weighted by Gasteiger charge is -2.28. The van der Waals surface area contributed by atoms with Gasteiger partial charge in [0.2, 0.25) is 5.91 Å². The highest BCUT2D eigenvalue weighted by molar-refractivity contribution is 6.00. The number of likely N-dealkylation sites (tertiary alicyclic amines) is 1. The summed E-state index contributed by atoms with van der Waals surface area (Å²) in [7, 11) is 2.20. The Morgan fingerprint density at radius 2 is 1.83 bits per heavy atom. The molecule has 1 atom stereocenters. The van der Waals surface area contributed by atoms with E-state index < -0.39 is 0 Å². The molecular weight excluding hydrogens is 362 g/mol. The first-order valence-electron chi connectivity index (χ1n) is 10.6. The molecule has 0 radical (unpaired) electrons. The molecule has 2 heterocycles. The number of rotatable bonds is 6. The molecule has 0 saturated carbocycles. The summed E-state index contributed by atoms with van der Waals surface area (Å²) in [6.45, 7) is 2.42. The Morgan fingerprint density at radius 1 is 1.10 bits per heavy atom. The van der Waals surface area contributed by atoms with Gasteiger partial charge in [-0.1, -0.05) is 30.3 Å². The third kappa shape index (κ3) is 4.85. The number of nitrogens with one attached hydrogen (secondary N) is 2. The summed E-state index contributed by atoms with van der Waals surface area (Å²) in [6.07, 6.45) is 5.16. The number of aryl methyl sites for hydroxylation is 1. The summed E-state index contributed by atoms with van der Waals surface area (Å²) in [5.41, 5.74) is 3.69. The molecule has 4 rings (SSSR count). The van der Waals surface area contributed by atoms with Crippen molar-refractivity contribution in [3.05, 3.63) is 65.2 Å². The van der Waals surface area contributed by atoms with Gasteiger partial charge in [-0.3, -0.25) is 9.59 Å². The maximum atomic E-state index is 12.5. The number of anilines is 1. The number of piperidine rings is 1. The molecule has 0 aromatic heterocycles. The molecule has 2 aliphatic rings. The van der Waals surface area contributed by atoms with E-state index in [9.17, 15) is 9.59 Å². The Bertz CT molecular complexity index is 870. The molecule has 2 amide bonds. The fraction of sp³-hybridized carbons (Fsp3) is 0.417. The third-order valence-electron chi connectivity index (χ3n) is 6.19. The number of carbonyl (C=O) groups is 2. The maximum Gasteiger partial charge on any atom is 0.252 e. The van der Waals surface area contributed by atoms with Crippen LogP contribution >= 0.6 is 0 Å². The summed E-state index contributed by atoms with van der Waals surface area (Å²) >= 11 is 0. The van der Waals surface area contributed by atoms with Crippen molar-refractivity contribution in [1.82, 2.24) is 10.2 Å². The summed E-state index contributed by atoms with van der Waals surface area (Å²) in [4.78, 5) is 26.9. The van der Waals surface area contributed by atoms with Crippen LogP contribution in [0.2, 0.25) is 0 Å². The van der Waals surface area contributed by atoms with E-state index in [0.717, 1.165) is 23.6 Å². The zero-order chi connectivity index (χ0) is 20.2. The Balaban J connectivity index is 1.27. The second kappa shape index (κ2) is 8.78. The van der Waals surface area contributed by atoms with Gasteiger partial charge in [-0.2, -0.15) is 0 Å². The molecule has 2 aromatic rings. The molecule has 2 aliphatic heterocycles. The Hall–Kier alpha value is -2.66. The average Bonchev–Trinajstić information content (AvgIpc) is 3.04. The quantitative estimate of drug-likeness (QED) is 0.788. The normalized spacial score (nSPS) is 19.6. The first kappa shape index (κ1) is 19.6. The zero-order valence-corrected chi connectivity index (χ0v) is 17.0. The standard InChI is InChI=1S/C24H29N3O2/c1-27-14-12-18(13-15-27)7-6-17-8-10-19(11-9-17)25-23(28)16-22-20-4-2-3-5-21(20)24(29)26-22/h2-5,8-11,18,22H,6-7,12-16H2,1H3,(H,25,28)(H,26,29). The largest absolute Gasteiger partial charge is 0.345 e. The summed E-state index contributed by atoms with van der Waals surface area (Å²) in [5, 5.41) is 5.85. The lowest BCUT2D eigenvalue weighted by Crippen LogP contribution is -2.30. The average molecular weight is 392 g/mol. The van der Waals surface area contributed by atoms with E-state index in [1.165, 1.54) is 37.9 Å². The van der Waals surface area contributed by atoms with E-state index in [1.54, 1.807) is 6.07 Å². The number of carbonyl (C=O) groups excluding carboxylic acids is 2. The summed E-state index contributed by atoms with van der Waals surface area (Å²) in [6, 6.07) is 15.4. The minimum Gasteiger partial charge on any atom is -0.345 e. The van der Waals surface area contributed by atoms with Gasteiger partial charge < -0.3 is 15.5 Å². The smallest absolute Gasteiger partial charge is 0.252 e. The first-order valence-corrected chi connectivity index (χ1v) is 10.6. The monoisotopic (exact) mass is 391 g/mol. The molecule has 1 saturated heterocycles. The molecule has 2 aromatic carbocycles. The maximum absolute atomic E-state index is 12.5. The number of benzene rings is 2. The van der Waals surface area contributed by atoms with Crippen molar-refractivity contribution >= 4 is 17.5 Å². The van der Waals surface area contributed by atoms with Crippen molar-refractivity contribution in [1.29, 1.82) is 0 Å². The molecule has 1 fully saturated rings. The van der Waals surface area contributed by atoms with Crippen molar-refractivity contribution in [2.24, 2.45) is 5.92 Å². The van der Waals surface area contributed by atoms with Crippen LogP contribution in [0.3, 0.4) is 0 Å². The fourth-order valence-corrected chi connectivity index (χ4v) is 4.36. The Labute approximate surface area is 172 Å². The van der Waals surface area contributed by atoms with E-state index in [0.29, 0.717) is 5.56 Å². The van der Waals surface area contributed by atoms with Gasteiger partial charge in [-0.25, -0.2) is 0 Å². The number of nitrogens with zero attached hydrogens (tertiary/aromatic N) is 1. The van der Waals surface area contributed by atoms with Gasteiger partial charge >= 0.3 is 0 Å². The molecule has 5 nitrogen and oxygen atoms in total. The predicted octanol–water partition coefficient (Wildman–Crippen LogP) is 3.77. The molecule has 0 spiro atoms. The van der Waals surface area contributed by atoms with Crippen LogP contribution in [0.4, 0.5) is 5.69 Å². The Kier molecular flexibility index (Phi) is 5.95. The van der Waals surface area contributed by atoms with Gasteiger partial charge in [0.15, 0.2) is 0 Å². The lowest BCUT2D eigenvalue weighted by molar-refractivity contribution is -0.116. The van der Waals surface area contributed by atoms with E-state index in [1.807, 2.05) is 30.3 Å². The number of amides is 2. The van der Waals surface area contributed by atoms with Crippen molar-refractivity contribution in [3.63, 3.8) is 0 Å². The van der Waals surface area contributed by atoms with Gasteiger partial charge in [0.05, 0.1) is 12.5 Å². The van der Waals surface area contributed by atoms with Crippen molar-refractivity contribution < 1.29 is 9.59 Å². The van der Waals surface area contributed by atoms with Crippen LogP contribution in [0.5, 0.6) is 0 Å². The van der Waals surface area contributed by atoms with Crippen molar-refractivity contribution in [3.8, 4) is 0 Å². The van der Waals surface area contributed by atoms with Gasteiger partial charge in [-0.15, -0.1) is 0 Å². The van der Waals surface area contributed by atoms with Crippen LogP contribution in [0.25, 0.3) is 0 Å². The van der Waals surface area contributed by atoms with Gasteiger partial charge in [0.25, 0.3) is 5.91 Å². The third-order valence-corrected chi connectivity index (χ3v) is 6.19. The highest BCUT2D eigenvalue weighted by Crippen LogP contribution is 2.28. The zero-order valence-electron chi connectivity index (χ0n) is 17.0. The van der Waals surface area contributed by atoms with Crippen LogP contribution in [-0.4, -0.2) is 36.9 Å². The van der Waals surface area contributed by atoms with Crippen LogP contribution < -0.4 is 10.6 Å². The molecule has 5 heteroatoms. The molecule has 0 aliphatic carbocycles. The predicted molar refractivity (Wildman–Crippen MR) is 115 cm³/mol. The fourth-order valence-electron chi connectivity index (χ4n) is 4.36. The van der Waals surface area contributed by atoms with E-state index in [4.69, 9.17) is 0 Å². The van der Waals surface area contributed by atoms with Crippen LogP contribution in [0, 0.1) is 5.92 Å². The van der Waals surface area contributed by atoms with E-state index in [-0.39, 0.29) is 24.3 Å².